The number of pyridine rings is 1. The average Bonchev–Trinajstić information content (AvgIpc) is 2.43. The van der Waals surface area contributed by atoms with Gasteiger partial charge in [0.25, 0.3) is 5.91 Å². The van der Waals surface area contributed by atoms with Crippen LogP contribution < -0.4 is 5.32 Å². The van der Waals surface area contributed by atoms with Crippen LogP contribution in [-0.4, -0.2) is 29.8 Å². The zero-order chi connectivity index (χ0) is 15.5. The molecule has 1 aromatic carbocycles. The number of anilines is 1. The summed E-state index contributed by atoms with van der Waals surface area (Å²) in [5, 5.41) is 3.33. The number of hydrogen-bond donors (Lipinski definition) is 1. The third-order valence-corrected chi connectivity index (χ3v) is 2.72. The molecule has 1 heterocycles. The van der Waals surface area contributed by atoms with E-state index in [0.29, 0.717) is 5.52 Å². The summed E-state index contributed by atoms with van der Waals surface area (Å²) in [4.78, 5) is 15.9. The quantitative estimate of drug-likeness (QED) is 0.943. The molecule has 0 aliphatic carbocycles. The van der Waals surface area contributed by atoms with Gasteiger partial charge in [-0.3, -0.25) is 4.79 Å². The number of nitrogens with one attached hydrogen (secondary N) is 1. The molecule has 0 saturated carbocycles. The van der Waals surface area contributed by atoms with E-state index < -0.39 is 24.8 Å². The molecule has 1 aromatic heterocycles. The van der Waals surface area contributed by atoms with Gasteiger partial charge in [-0.25, -0.2) is 4.98 Å². The lowest BCUT2D eigenvalue weighted by molar-refractivity contribution is -0.184. The number of alkyl halides is 3. The van der Waals surface area contributed by atoms with E-state index in [4.69, 9.17) is 0 Å². The van der Waals surface area contributed by atoms with E-state index in [-0.39, 0.29) is 5.82 Å². The first-order chi connectivity index (χ1) is 9.85. The first-order valence-electron chi connectivity index (χ1n) is 6.20. The molecular formula is C14H13F3N2O2. The molecule has 4 nitrogen and oxygen atoms in total. The highest BCUT2D eigenvalue weighted by molar-refractivity contribution is 5.94. The van der Waals surface area contributed by atoms with Crippen molar-refractivity contribution in [3.8, 4) is 0 Å². The second-order valence-corrected chi connectivity index (χ2v) is 4.45. The molecule has 0 aliphatic heterocycles. The van der Waals surface area contributed by atoms with E-state index in [1.807, 2.05) is 12.1 Å². The molecule has 0 aliphatic rings. The molecule has 1 N–H and O–H groups in total. The van der Waals surface area contributed by atoms with Crippen molar-refractivity contribution < 1.29 is 22.7 Å². The van der Waals surface area contributed by atoms with E-state index >= 15 is 0 Å². The fraction of sp³-hybridized carbons (Fsp3) is 0.286. The van der Waals surface area contributed by atoms with Gasteiger partial charge in [-0.1, -0.05) is 18.2 Å². The Labute approximate surface area is 118 Å². The largest absolute Gasteiger partial charge is 0.411 e. The van der Waals surface area contributed by atoms with E-state index in [0.717, 1.165) is 5.39 Å². The Morgan fingerprint density at radius 3 is 2.71 bits per heavy atom. The predicted octanol–water partition coefficient (Wildman–Crippen LogP) is 3.14. The number of carbonyl (C=O) groups is 1. The van der Waals surface area contributed by atoms with Crippen molar-refractivity contribution in [2.45, 2.75) is 19.2 Å². The molecule has 112 valence electrons. The summed E-state index contributed by atoms with van der Waals surface area (Å²) in [5.74, 6) is -0.414. The van der Waals surface area contributed by atoms with Crippen LogP contribution in [0.2, 0.25) is 0 Å². The normalized spacial score (nSPS) is 13.1. The van der Waals surface area contributed by atoms with Crippen LogP contribution in [0.25, 0.3) is 10.9 Å². The molecule has 2 aromatic rings. The highest BCUT2D eigenvalue weighted by atomic mass is 19.4. The standard InChI is InChI=1S/C14H13F3N2O2/c1-9(21-8-14(15,16)17)13(20)19-12-7-6-10-4-2-3-5-11(10)18-12/h2-7,9H,8H2,1H3,(H,18,19,20)/t9-/m1/s1. The van der Waals surface area contributed by atoms with Crippen LogP contribution in [0.1, 0.15) is 6.92 Å². The number of fused-ring (bicyclic) bond motifs is 1. The van der Waals surface area contributed by atoms with Crippen molar-refractivity contribution in [1.29, 1.82) is 0 Å². The molecule has 0 saturated heterocycles. The van der Waals surface area contributed by atoms with Gasteiger partial charge in [0.2, 0.25) is 0 Å². The molecule has 1 amide bonds. The minimum atomic E-state index is -4.46. The van der Waals surface area contributed by atoms with Crippen LogP contribution in [-0.2, 0) is 9.53 Å². The van der Waals surface area contributed by atoms with Gasteiger partial charge in [-0.2, -0.15) is 13.2 Å². The smallest absolute Gasteiger partial charge is 0.359 e. The molecule has 0 bridgehead atoms. The molecule has 0 unspecified atom stereocenters. The molecule has 0 spiro atoms. The highest BCUT2D eigenvalue weighted by Gasteiger charge is 2.29. The Balaban J connectivity index is 2.00. The van der Waals surface area contributed by atoms with Gasteiger partial charge >= 0.3 is 6.18 Å². The highest BCUT2D eigenvalue weighted by Crippen LogP contribution is 2.17. The lowest BCUT2D eigenvalue weighted by Gasteiger charge is -2.14. The topological polar surface area (TPSA) is 51.2 Å². The number of halogens is 3. The fourth-order valence-corrected chi connectivity index (χ4v) is 1.66. The summed E-state index contributed by atoms with van der Waals surface area (Å²) in [6.07, 6.45) is -5.68. The maximum absolute atomic E-state index is 12.0. The summed E-state index contributed by atoms with van der Waals surface area (Å²) in [6.45, 7) is -0.213. The number of nitrogens with zero attached hydrogens (tertiary/aromatic N) is 1. The lowest BCUT2D eigenvalue weighted by Crippen LogP contribution is -2.31. The van der Waals surface area contributed by atoms with E-state index in [9.17, 15) is 18.0 Å². The van der Waals surface area contributed by atoms with Crippen molar-refractivity contribution in [3.63, 3.8) is 0 Å². The molecule has 2 rings (SSSR count). The average molecular weight is 298 g/mol. The number of aromatic nitrogens is 1. The molecule has 21 heavy (non-hydrogen) atoms. The molecule has 0 fully saturated rings. The van der Waals surface area contributed by atoms with E-state index in [1.165, 1.54) is 6.92 Å². The van der Waals surface area contributed by atoms with Crippen molar-refractivity contribution in [3.05, 3.63) is 36.4 Å². The van der Waals surface area contributed by atoms with E-state index in [1.54, 1.807) is 24.3 Å². The van der Waals surface area contributed by atoms with E-state index in [2.05, 4.69) is 15.0 Å². The SMILES string of the molecule is C[C@@H](OCC(F)(F)F)C(=O)Nc1ccc2ccccc2n1. The van der Waals surface area contributed by atoms with Crippen LogP contribution in [0.4, 0.5) is 19.0 Å². The number of para-hydroxylation sites is 1. The van der Waals surface area contributed by atoms with Crippen molar-refractivity contribution in [2.24, 2.45) is 0 Å². The number of ether oxygens (including phenoxy) is 1. The predicted molar refractivity (Wildman–Crippen MR) is 71.8 cm³/mol. The van der Waals surface area contributed by atoms with Gasteiger partial charge in [-0.15, -0.1) is 0 Å². The fourth-order valence-electron chi connectivity index (χ4n) is 1.66. The van der Waals surface area contributed by atoms with Crippen molar-refractivity contribution >= 4 is 22.6 Å². The zero-order valence-corrected chi connectivity index (χ0v) is 11.1. The van der Waals surface area contributed by atoms with Gasteiger partial charge in [0.05, 0.1) is 5.52 Å². The first kappa shape index (κ1) is 15.2. The minimum Gasteiger partial charge on any atom is -0.359 e. The van der Waals surface area contributed by atoms with Gasteiger partial charge in [0.15, 0.2) is 0 Å². The molecule has 1 atom stereocenters. The van der Waals surface area contributed by atoms with Crippen LogP contribution in [0.3, 0.4) is 0 Å². The number of amides is 1. The first-order valence-corrected chi connectivity index (χ1v) is 6.20. The summed E-state index contributed by atoms with van der Waals surface area (Å²) in [6, 6.07) is 10.6. The Morgan fingerprint density at radius 1 is 1.29 bits per heavy atom. The van der Waals surface area contributed by atoms with Gasteiger partial charge in [-0.05, 0) is 25.1 Å². The van der Waals surface area contributed by atoms with Crippen molar-refractivity contribution in [1.82, 2.24) is 4.98 Å². The summed E-state index contributed by atoms with van der Waals surface area (Å²) in [5.41, 5.74) is 0.680. The van der Waals surface area contributed by atoms with Crippen LogP contribution in [0.15, 0.2) is 36.4 Å². The number of hydrogen-bond acceptors (Lipinski definition) is 3. The monoisotopic (exact) mass is 298 g/mol. The number of carbonyl (C=O) groups excluding carboxylic acids is 1. The molecule has 0 radical (unpaired) electrons. The van der Waals surface area contributed by atoms with Gasteiger partial charge in [0.1, 0.15) is 18.5 Å². The Kier molecular flexibility index (Phi) is 4.42. The maximum Gasteiger partial charge on any atom is 0.411 e. The zero-order valence-electron chi connectivity index (χ0n) is 11.1. The number of rotatable bonds is 4. The van der Waals surface area contributed by atoms with Crippen LogP contribution in [0.5, 0.6) is 0 Å². The summed E-state index contributed by atoms with van der Waals surface area (Å²) < 4.78 is 40.5. The van der Waals surface area contributed by atoms with Crippen molar-refractivity contribution in [2.75, 3.05) is 11.9 Å². The third kappa shape index (κ3) is 4.42. The molecule has 7 heteroatoms. The summed E-state index contributed by atoms with van der Waals surface area (Å²) >= 11 is 0. The summed E-state index contributed by atoms with van der Waals surface area (Å²) in [7, 11) is 0. The Morgan fingerprint density at radius 2 is 2.00 bits per heavy atom. The van der Waals surface area contributed by atoms with Crippen LogP contribution >= 0.6 is 0 Å². The third-order valence-electron chi connectivity index (χ3n) is 2.72. The van der Waals surface area contributed by atoms with Gasteiger partial charge in [0, 0.05) is 5.39 Å². The Hall–Kier alpha value is -2.15. The second-order valence-electron chi connectivity index (χ2n) is 4.45. The maximum atomic E-state index is 12.0. The number of benzene rings is 1. The van der Waals surface area contributed by atoms with Crippen LogP contribution in [0, 0.1) is 0 Å². The molecular weight excluding hydrogens is 285 g/mol. The second kappa shape index (κ2) is 6.09. The Bertz CT molecular complexity index is 643. The van der Waals surface area contributed by atoms with Gasteiger partial charge < -0.3 is 10.1 Å². The minimum absolute atomic E-state index is 0.265. The lowest BCUT2D eigenvalue weighted by atomic mass is 10.2.